The molecule has 1 amide bonds. The fourth-order valence-electron chi connectivity index (χ4n) is 2.14. The number of nitrogens with one attached hydrogen (secondary N) is 1. The number of allylic oxidation sites excluding steroid dienone is 1. The standard InChI is InChI=1S/C11H9NO/c13-11-6-9-8-4-2-1-3-7(8)5-10(9)12-11/h1-5,9H,6H2,(H,12,13). The van der Waals surface area contributed by atoms with E-state index in [2.05, 4.69) is 23.5 Å². The van der Waals surface area contributed by atoms with E-state index >= 15 is 0 Å². The first-order chi connectivity index (χ1) is 6.34. The van der Waals surface area contributed by atoms with Crippen LogP contribution < -0.4 is 5.32 Å². The minimum atomic E-state index is 0.144. The van der Waals surface area contributed by atoms with E-state index < -0.39 is 0 Å². The van der Waals surface area contributed by atoms with E-state index in [-0.39, 0.29) is 5.91 Å². The highest BCUT2D eigenvalue weighted by Gasteiger charge is 2.33. The van der Waals surface area contributed by atoms with Crippen LogP contribution in [0.1, 0.15) is 23.5 Å². The average Bonchev–Trinajstić information content (AvgIpc) is 2.60. The van der Waals surface area contributed by atoms with Gasteiger partial charge in [-0.3, -0.25) is 4.79 Å². The molecule has 2 nitrogen and oxygen atoms in total. The summed E-state index contributed by atoms with van der Waals surface area (Å²) >= 11 is 0. The van der Waals surface area contributed by atoms with E-state index in [0.717, 1.165) is 5.70 Å². The highest BCUT2D eigenvalue weighted by Crippen LogP contribution is 2.40. The summed E-state index contributed by atoms with van der Waals surface area (Å²) in [7, 11) is 0. The van der Waals surface area contributed by atoms with Gasteiger partial charge < -0.3 is 5.32 Å². The molecule has 3 rings (SSSR count). The molecule has 0 saturated carbocycles. The summed E-state index contributed by atoms with van der Waals surface area (Å²) in [6, 6.07) is 8.24. The van der Waals surface area contributed by atoms with Gasteiger partial charge in [0.05, 0.1) is 0 Å². The Hall–Kier alpha value is -1.57. The van der Waals surface area contributed by atoms with Crippen molar-refractivity contribution in [3.8, 4) is 0 Å². The van der Waals surface area contributed by atoms with Crippen LogP contribution in [0.25, 0.3) is 6.08 Å². The summed E-state index contributed by atoms with van der Waals surface area (Å²) in [5.74, 6) is 0.453. The molecule has 1 unspecified atom stereocenters. The van der Waals surface area contributed by atoms with Crippen LogP contribution in [-0.2, 0) is 4.79 Å². The zero-order chi connectivity index (χ0) is 8.84. The van der Waals surface area contributed by atoms with Crippen molar-refractivity contribution in [2.75, 3.05) is 0 Å². The molecule has 0 spiro atoms. The van der Waals surface area contributed by atoms with Gasteiger partial charge in [0.1, 0.15) is 0 Å². The number of benzene rings is 1. The largest absolute Gasteiger partial charge is 0.329 e. The molecule has 1 N–H and O–H groups in total. The molecule has 1 aromatic carbocycles. The Balaban J connectivity index is 2.14. The van der Waals surface area contributed by atoms with Gasteiger partial charge >= 0.3 is 0 Å². The van der Waals surface area contributed by atoms with Crippen molar-refractivity contribution in [1.82, 2.24) is 5.32 Å². The molecule has 0 bridgehead atoms. The molecule has 2 heteroatoms. The quantitative estimate of drug-likeness (QED) is 0.631. The van der Waals surface area contributed by atoms with Crippen LogP contribution in [0.4, 0.5) is 0 Å². The second-order valence-electron chi connectivity index (χ2n) is 3.53. The lowest BCUT2D eigenvalue weighted by Crippen LogP contribution is -2.11. The maximum Gasteiger partial charge on any atom is 0.225 e. The summed E-state index contributed by atoms with van der Waals surface area (Å²) in [6.07, 6.45) is 2.69. The highest BCUT2D eigenvalue weighted by molar-refractivity contribution is 5.88. The topological polar surface area (TPSA) is 29.1 Å². The van der Waals surface area contributed by atoms with E-state index in [1.54, 1.807) is 0 Å². The average molecular weight is 171 g/mol. The Morgan fingerprint density at radius 1 is 1.31 bits per heavy atom. The predicted octanol–water partition coefficient (Wildman–Crippen LogP) is 1.64. The van der Waals surface area contributed by atoms with Gasteiger partial charge in [0.15, 0.2) is 0 Å². The number of hydrogen-bond acceptors (Lipinski definition) is 1. The molecule has 64 valence electrons. The molecule has 0 radical (unpaired) electrons. The van der Waals surface area contributed by atoms with Gasteiger partial charge in [-0.25, -0.2) is 0 Å². The molecule has 1 aliphatic carbocycles. The number of carbonyl (C=O) groups is 1. The molecule has 1 atom stereocenters. The molecule has 2 aliphatic rings. The lowest BCUT2D eigenvalue weighted by atomic mass is 9.98. The molecule has 1 saturated heterocycles. The first kappa shape index (κ1) is 6.89. The summed E-state index contributed by atoms with van der Waals surface area (Å²) in [6.45, 7) is 0. The molecular formula is C11H9NO. The van der Waals surface area contributed by atoms with E-state index in [1.165, 1.54) is 11.1 Å². The molecule has 1 heterocycles. The zero-order valence-electron chi connectivity index (χ0n) is 7.08. The van der Waals surface area contributed by atoms with E-state index in [4.69, 9.17) is 0 Å². The number of amides is 1. The number of carbonyl (C=O) groups excluding carboxylic acids is 1. The summed E-state index contributed by atoms with van der Waals surface area (Å²) < 4.78 is 0. The van der Waals surface area contributed by atoms with Crippen molar-refractivity contribution < 1.29 is 4.79 Å². The first-order valence-electron chi connectivity index (χ1n) is 4.45. The van der Waals surface area contributed by atoms with E-state index in [9.17, 15) is 4.79 Å². The van der Waals surface area contributed by atoms with Crippen molar-refractivity contribution in [2.45, 2.75) is 12.3 Å². The Morgan fingerprint density at radius 2 is 2.15 bits per heavy atom. The molecule has 1 aliphatic heterocycles. The third kappa shape index (κ3) is 0.856. The van der Waals surface area contributed by atoms with Gasteiger partial charge in [0.25, 0.3) is 0 Å². The first-order valence-corrected chi connectivity index (χ1v) is 4.45. The van der Waals surface area contributed by atoms with Crippen LogP contribution in [0.15, 0.2) is 30.0 Å². The van der Waals surface area contributed by atoms with Gasteiger partial charge in [-0.05, 0) is 17.2 Å². The molecule has 0 aromatic heterocycles. The van der Waals surface area contributed by atoms with Gasteiger partial charge in [0, 0.05) is 18.0 Å². The summed E-state index contributed by atoms with van der Waals surface area (Å²) in [5, 5.41) is 2.88. The molecule has 13 heavy (non-hydrogen) atoms. The molecule has 1 aromatic rings. The van der Waals surface area contributed by atoms with Crippen molar-refractivity contribution >= 4 is 12.0 Å². The number of fused-ring (bicyclic) bond motifs is 3. The number of hydrogen-bond donors (Lipinski definition) is 1. The van der Waals surface area contributed by atoms with Crippen molar-refractivity contribution in [3.05, 3.63) is 41.1 Å². The predicted molar refractivity (Wildman–Crippen MR) is 49.9 cm³/mol. The third-order valence-corrected chi connectivity index (χ3v) is 2.73. The van der Waals surface area contributed by atoms with Crippen LogP contribution in [-0.4, -0.2) is 5.91 Å². The van der Waals surface area contributed by atoms with Crippen LogP contribution >= 0.6 is 0 Å². The van der Waals surface area contributed by atoms with Crippen LogP contribution in [0.2, 0.25) is 0 Å². The lowest BCUT2D eigenvalue weighted by Gasteiger charge is -2.04. The Morgan fingerprint density at radius 3 is 3.08 bits per heavy atom. The smallest absolute Gasteiger partial charge is 0.225 e. The Kier molecular flexibility index (Phi) is 1.18. The van der Waals surface area contributed by atoms with Crippen molar-refractivity contribution in [3.63, 3.8) is 0 Å². The van der Waals surface area contributed by atoms with E-state index in [0.29, 0.717) is 12.3 Å². The summed E-state index contributed by atoms with van der Waals surface area (Å²) in [5.41, 5.74) is 3.62. The van der Waals surface area contributed by atoms with Crippen LogP contribution in [0.3, 0.4) is 0 Å². The zero-order valence-corrected chi connectivity index (χ0v) is 7.08. The van der Waals surface area contributed by atoms with Crippen molar-refractivity contribution in [1.29, 1.82) is 0 Å². The molecular weight excluding hydrogens is 162 g/mol. The fourth-order valence-corrected chi connectivity index (χ4v) is 2.14. The lowest BCUT2D eigenvalue weighted by molar-refractivity contribution is -0.118. The summed E-state index contributed by atoms with van der Waals surface area (Å²) in [4.78, 5) is 11.1. The fraction of sp³-hybridized carbons (Fsp3) is 0.182. The normalized spacial score (nSPS) is 23.5. The van der Waals surface area contributed by atoms with Gasteiger partial charge in [-0.1, -0.05) is 24.3 Å². The minimum absolute atomic E-state index is 0.144. The van der Waals surface area contributed by atoms with Crippen LogP contribution in [0.5, 0.6) is 0 Å². The maximum atomic E-state index is 11.1. The molecule has 1 fully saturated rings. The van der Waals surface area contributed by atoms with E-state index in [1.807, 2.05) is 12.1 Å². The SMILES string of the molecule is O=C1CC2C(=Cc3ccccc32)N1. The number of rotatable bonds is 0. The third-order valence-electron chi connectivity index (χ3n) is 2.73. The second-order valence-corrected chi connectivity index (χ2v) is 3.53. The Labute approximate surface area is 76.3 Å². The Bertz CT molecular complexity index is 420. The van der Waals surface area contributed by atoms with Gasteiger partial charge in [-0.15, -0.1) is 0 Å². The van der Waals surface area contributed by atoms with Crippen molar-refractivity contribution in [2.24, 2.45) is 0 Å². The second kappa shape index (κ2) is 2.22. The minimum Gasteiger partial charge on any atom is -0.329 e. The highest BCUT2D eigenvalue weighted by atomic mass is 16.1. The maximum absolute atomic E-state index is 11.1. The van der Waals surface area contributed by atoms with Gasteiger partial charge in [0.2, 0.25) is 5.91 Å². The monoisotopic (exact) mass is 171 g/mol. The van der Waals surface area contributed by atoms with Crippen LogP contribution in [0, 0.1) is 0 Å². The van der Waals surface area contributed by atoms with Gasteiger partial charge in [-0.2, -0.15) is 0 Å².